The minimum Gasteiger partial charge on any atom is -0.467 e. The third-order valence-electron chi connectivity index (χ3n) is 5.16. The normalized spacial score (nSPS) is 16.8. The summed E-state index contributed by atoms with van der Waals surface area (Å²) in [4.78, 5) is 14.0. The number of aryl methyl sites for hydroxylation is 1. The van der Waals surface area contributed by atoms with E-state index in [0.717, 1.165) is 12.1 Å². The molecule has 35 heavy (non-hydrogen) atoms. The molecule has 11 heteroatoms. The third kappa shape index (κ3) is 7.28. The lowest BCUT2D eigenvalue weighted by molar-refractivity contribution is -0.137. The van der Waals surface area contributed by atoms with Crippen LogP contribution in [0.1, 0.15) is 37.6 Å². The van der Waals surface area contributed by atoms with Crippen molar-refractivity contribution in [3.63, 3.8) is 0 Å². The van der Waals surface area contributed by atoms with Crippen LogP contribution in [0.5, 0.6) is 5.75 Å². The summed E-state index contributed by atoms with van der Waals surface area (Å²) in [5.74, 6) is 0.00448. The van der Waals surface area contributed by atoms with Crippen LogP contribution in [0.25, 0.3) is 11.3 Å². The molecule has 192 valence electrons. The van der Waals surface area contributed by atoms with E-state index in [-0.39, 0.29) is 18.6 Å². The van der Waals surface area contributed by atoms with Gasteiger partial charge in [-0.3, -0.25) is 0 Å². The lowest BCUT2D eigenvalue weighted by Gasteiger charge is -2.34. The Kier molecular flexibility index (Phi) is 8.22. The fourth-order valence-electron chi connectivity index (χ4n) is 3.65. The average Bonchev–Trinajstić information content (AvgIpc) is 2.76. The van der Waals surface area contributed by atoms with Crippen molar-refractivity contribution in [2.75, 3.05) is 33.6 Å². The van der Waals surface area contributed by atoms with Gasteiger partial charge in [-0.25, -0.2) is 4.79 Å². The number of ether oxygens (including phenoxy) is 4. The number of hydrogen-bond acceptors (Lipinski definition) is 7. The number of rotatable bonds is 6. The van der Waals surface area contributed by atoms with E-state index in [0.29, 0.717) is 48.6 Å². The average molecular weight is 498 g/mol. The van der Waals surface area contributed by atoms with E-state index in [1.165, 1.54) is 7.11 Å². The summed E-state index contributed by atoms with van der Waals surface area (Å²) < 4.78 is 61.3. The standard InChI is InChI=1S/C24H30F3N3O5/c1-15-10-16(24(25,26)27)11-20(34-14-32-5)21(15)19-7-6-17(28-29-19)12-18-13-30(8-9-33-18)22(31)35-23(2,3)4/h6-7,10-11,18H,8-9,12-14H2,1-5H3. The minimum atomic E-state index is -4.52. The molecule has 1 atom stereocenters. The Morgan fingerprint density at radius 2 is 1.94 bits per heavy atom. The van der Waals surface area contributed by atoms with Crippen LogP contribution in [0.3, 0.4) is 0 Å². The Balaban J connectivity index is 1.76. The van der Waals surface area contributed by atoms with Gasteiger partial charge in [0.05, 0.1) is 36.2 Å². The molecule has 3 rings (SSSR count). The number of amides is 1. The Morgan fingerprint density at radius 1 is 1.20 bits per heavy atom. The summed E-state index contributed by atoms with van der Waals surface area (Å²) >= 11 is 0. The molecule has 1 amide bonds. The van der Waals surface area contributed by atoms with E-state index in [2.05, 4.69) is 10.2 Å². The number of hydrogen-bond donors (Lipinski definition) is 0. The van der Waals surface area contributed by atoms with Crippen molar-refractivity contribution in [2.45, 2.75) is 52.0 Å². The molecular formula is C24H30F3N3O5. The summed E-state index contributed by atoms with van der Waals surface area (Å²) in [5, 5.41) is 8.46. The van der Waals surface area contributed by atoms with Gasteiger partial charge in [0.25, 0.3) is 0 Å². The van der Waals surface area contributed by atoms with Crippen LogP contribution in [0.4, 0.5) is 18.0 Å². The van der Waals surface area contributed by atoms with Crippen LogP contribution in [0.15, 0.2) is 24.3 Å². The van der Waals surface area contributed by atoms with Crippen LogP contribution in [0.2, 0.25) is 0 Å². The van der Waals surface area contributed by atoms with Crippen molar-refractivity contribution < 1.29 is 36.9 Å². The maximum absolute atomic E-state index is 13.3. The van der Waals surface area contributed by atoms with E-state index in [1.54, 1.807) is 24.0 Å². The molecule has 1 saturated heterocycles. The molecule has 0 aliphatic carbocycles. The maximum atomic E-state index is 13.3. The molecule has 0 N–H and O–H groups in total. The molecule has 0 spiro atoms. The molecule has 1 aromatic heterocycles. The van der Waals surface area contributed by atoms with Crippen molar-refractivity contribution in [3.05, 3.63) is 41.1 Å². The zero-order valence-electron chi connectivity index (χ0n) is 20.4. The molecule has 1 aromatic carbocycles. The second-order valence-corrected chi connectivity index (χ2v) is 9.25. The molecule has 1 unspecified atom stereocenters. The molecule has 0 saturated carbocycles. The van der Waals surface area contributed by atoms with E-state index >= 15 is 0 Å². The molecule has 0 bridgehead atoms. The molecule has 8 nitrogen and oxygen atoms in total. The van der Waals surface area contributed by atoms with Gasteiger partial charge in [-0.05, 0) is 57.5 Å². The van der Waals surface area contributed by atoms with Gasteiger partial charge in [-0.1, -0.05) is 0 Å². The van der Waals surface area contributed by atoms with E-state index in [9.17, 15) is 18.0 Å². The first-order valence-electron chi connectivity index (χ1n) is 11.1. The van der Waals surface area contributed by atoms with Gasteiger partial charge in [0.1, 0.15) is 11.4 Å². The number of halogens is 3. The molecule has 2 aromatic rings. The fraction of sp³-hybridized carbons (Fsp3) is 0.542. The first-order chi connectivity index (χ1) is 16.4. The van der Waals surface area contributed by atoms with Crippen LogP contribution in [-0.4, -0.2) is 66.5 Å². The Morgan fingerprint density at radius 3 is 2.54 bits per heavy atom. The Hall–Kier alpha value is -2.92. The van der Waals surface area contributed by atoms with Crippen molar-refractivity contribution >= 4 is 6.09 Å². The van der Waals surface area contributed by atoms with Crippen LogP contribution < -0.4 is 4.74 Å². The van der Waals surface area contributed by atoms with Crippen molar-refractivity contribution in [2.24, 2.45) is 0 Å². The van der Waals surface area contributed by atoms with Gasteiger partial charge in [-0.2, -0.15) is 23.4 Å². The van der Waals surface area contributed by atoms with Crippen molar-refractivity contribution in [1.82, 2.24) is 15.1 Å². The second-order valence-electron chi connectivity index (χ2n) is 9.25. The summed E-state index contributed by atoms with van der Waals surface area (Å²) in [6.07, 6.45) is -4.79. The van der Waals surface area contributed by atoms with E-state index in [1.807, 2.05) is 20.8 Å². The highest BCUT2D eigenvalue weighted by atomic mass is 19.4. The number of aromatic nitrogens is 2. The summed E-state index contributed by atoms with van der Waals surface area (Å²) in [5.41, 5.74) is 0.322. The lowest BCUT2D eigenvalue weighted by atomic mass is 10.00. The van der Waals surface area contributed by atoms with Crippen LogP contribution in [0, 0.1) is 6.92 Å². The van der Waals surface area contributed by atoms with Gasteiger partial charge >= 0.3 is 12.3 Å². The van der Waals surface area contributed by atoms with Crippen LogP contribution >= 0.6 is 0 Å². The smallest absolute Gasteiger partial charge is 0.416 e. The first kappa shape index (κ1) is 26.7. The van der Waals surface area contributed by atoms with Gasteiger partial charge in [0.15, 0.2) is 6.79 Å². The monoisotopic (exact) mass is 497 g/mol. The number of methoxy groups -OCH3 is 1. The second kappa shape index (κ2) is 10.8. The quantitative estimate of drug-likeness (QED) is 0.538. The lowest BCUT2D eigenvalue weighted by Crippen LogP contribution is -2.48. The molecular weight excluding hydrogens is 467 g/mol. The van der Waals surface area contributed by atoms with E-state index < -0.39 is 23.4 Å². The number of carbonyl (C=O) groups excluding carboxylic acids is 1. The maximum Gasteiger partial charge on any atom is 0.416 e. The molecule has 2 heterocycles. The largest absolute Gasteiger partial charge is 0.467 e. The van der Waals surface area contributed by atoms with Crippen LogP contribution in [-0.2, 0) is 26.8 Å². The minimum absolute atomic E-state index is 0.00448. The highest BCUT2D eigenvalue weighted by molar-refractivity contribution is 5.71. The predicted octanol–water partition coefficient (Wildman–Crippen LogP) is 4.63. The van der Waals surface area contributed by atoms with Gasteiger partial charge < -0.3 is 23.8 Å². The predicted molar refractivity (Wildman–Crippen MR) is 121 cm³/mol. The number of alkyl halides is 3. The zero-order valence-corrected chi connectivity index (χ0v) is 20.4. The Bertz CT molecular complexity index is 1020. The summed E-state index contributed by atoms with van der Waals surface area (Å²) in [7, 11) is 1.38. The number of carbonyl (C=O) groups is 1. The summed E-state index contributed by atoms with van der Waals surface area (Å²) in [6, 6.07) is 5.38. The van der Waals surface area contributed by atoms with Crippen molar-refractivity contribution in [1.29, 1.82) is 0 Å². The fourth-order valence-corrected chi connectivity index (χ4v) is 3.65. The molecule has 0 radical (unpaired) electrons. The van der Waals surface area contributed by atoms with E-state index in [4.69, 9.17) is 18.9 Å². The third-order valence-corrected chi connectivity index (χ3v) is 5.16. The first-order valence-corrected chi connectivity index (χ1v) is 11.1. The number of nitrogens with zero attached hydrogens (tertiary/aromatic N) is 3. The molecule has 1 aliphatic heterocycles. The molecule has 1 fully saturated rings. The Labute approximate surface area is 202 Å². The molecule has 1 aliphatic rings. The number of benzene rings is 1. The van der Waals surface area contributed by atoms with Gasteiger partial charge in [0, 0.05) is 25.6 Å². The SMILES string of the molecule is COCOc1cc(C(F)(F)F)cc(C)c1-c1ccc(CC2CN(C(=O)OC(C)(C)C)CCO2)nn1. The number of morpholine rings is 1. The van der Waals surface area contributed by atoms with Gasteiger partial charge in [0.2, 0.25) is 0 Å². The zero-order chi connectivity index (χ0) is 25.8. The highest BCUT2D eigenvalue weighted by Crippen LogP contribution is 2.39. The van der Waals surface area contributed by atoms with Crippen molar-refractivity contribution in [3.8, 4) is 17.0 Å². The van der Waals surface area contributed by atoms with Gasteiger partial charge in [-0.15, -0.1) is 0 Å². The topological polar surface area (TPSA) is 83.0 Å². The summed E-state index contributed by atoms with van der Waals surface area (Å²) in [6.45, 7) is 7.94. The highest BCUT2D eigenvalue weighted by Gasteiger charge is 2.33.